The second kappa shape index (κ2) is 2.60. The first-order valence-electron chi connectivity index (χ1n) is 3.90. The number of nitrogens with one attached hydrogen (secondary N) is 2. The highest BCUT2D eigenvalue weighted by Crippen LogP contribution is 2.29. The molecule has 12 heavy (non-hydrogen) atoms. The molecule has 0 spiro atoms. The van der Waals surface area contributed by atoms with Crippen LogP contribution >= 0.6 is 0 Å². The summed E-state index contributed by atoms with van der Waals surface area (Å²) in [5.74, 6) is 0.0266. The van der Waals surface area contributed by atoms with E-state index in [1.165, 1.54) is 0 Å². The number of carbonyl (C=O) groups is 1. The zero-order valence-electron chi connectivity index (χ0n) is 6.79. The van der Waals surface area contributed by atoms with Crippen LogP contribution in [0, 0.1) is 0 Å². The summed E-state index contributed by atoms with van der Waals surface area (Å²) in [7, 11) is 1.78. The molecule has 2 rings (SSSR count). The highest BCUT2D eigenvalue weighted by Gasteiger charge is 2.27. The fourth-order valence-corrected chi connectivity index (χ4v) is 1.50. The molecular formula is C9H10N2O. The smallest absolute Gasteiger partial charge is 0.246 e. The Bertz CT molecular complexity index is 322. The Balaban J connectivity index is 2.47. The molecule has 2 N–H and O–H groups in total. The van der Waals surface area contributed by atoms with Gasteiger partial charge in [0.05, 0.1) is 0 Å². The second-order valence-corrected chi connectivity index (χ2v) is 2.80. The van der Waals surface area contributed by atoms with E-state index in [2.05, 4.69) is 10.6 Å². The SMILES string of the molecule is CN[C@H]1C(=O)Nc2ccccc21. The van der Waals surface area contributed by atoms with E-state index in [0.717, 1.165) is 11.3 Å². The van der Waals surface area contributed by atoms with Crippen LogP contribution in [-0.4, -0.2) is 13.0 Å². The summed E-state index contributed by atoms with van der Waals surface area (Å²) in [4.78, 5) is 11.3. The number of anilines is 1. The number of hydrogen-bond acceptors (Lipinski definition) is 2. The minimum Gasteiger partial charge on any atom is -0.324 e. The largest absolute Gasteiger partial charge is 0.324 e. The quantitative estimate of drug-likeness (QED) is 0.644. The van der Waals surface area contributed by atoms with E-state index in [0.29, 0.717) is 0 Å². The van der Waals surface area contributed by atoms with Gasteiger partial charge >= 0.3 is 0 Å². The lowest BCUT2D eigenvalue weighted by molar-refractivity contribution is -0.117. The lowest BCUT2D eigenvalue weighted by atomic mass is 10.1. The average Bonchev–Trinajstić information content (AvgIpc) is 2.40. The highest BCUT2D eigenvalue weighted by molar-refractivity contribution is 6.02. The van der Waals surface area contributed by atoms with Gasteiger partial charge in [0.2, 0.25) is 5.91 Å². The maximum atomic E-state index is 11.3. The zero-order valence-corrected chi connectivity index (χ0v) is 6.79. The summed E-state index contributed by atoms with van der Waals surface area (Å²) in [5.41, 5.74) is 1.95. The van der Waals surface area contributed by atoms with E-state index in [4.69, 9.17) is 0 Å². The van der Waals surface area contributed by atoms with Crippen molar-refractivity contribution in [2.75, 3.05) is 12.4 Å². The molecule has 0 fully saturated rings. The molecule has 0 unspecified atom stereocenters. The molecule has 0 aliphatic carbocycles. The number of likely N-dealkylation sites (N-methyl/N-ethyl adjacent to an activating group) is 1. The average molecular weight is 162 g/mol. The molecule has 0 bridgehead atoms. The van der Waals surface area contributed by atoms with Gasteiger partial charge in [0.25, 0.3) is 0 Å². The fraction of sp³-hybridized carbons (Fsp3) is 0.222. The molecule has 0 radical (unpaired) electrons. The Hall–Kier alpha value is -1.35. The van der Waals surface area contributed by atoms with Gasteiger partial charge in [0.1, 0.15) is 6.04 Å². The van der Waals surface area contributed by atoms with Crippen LogP contribution in [0.1, 0.15) is 11.6 Å². The van der Waals surface area contributed by atoms with Gasteiger partial charge in [0.15, 0.2) is 0 Å². The monoisotopic (exact) mass is 162 g/mol. The van der Waals surface area contributed by atoms with Crippen LogP contribution in [0.2, 0.25) is 0 Å². The van der Waals surface area contributed by atoms with Gasteiger partial charge < -0.3 is 10.6 Å². The first-order chi connectivity index (χ1) is 5.83. The van der Waals surface area contributed by atoms with Crippen molar-refractivity contribution in [1.29, 1.82) is 0 Å². The molecule has 1 aromatic rings. The van der Waals surface area contributed by atoms with Crippen molar-refractivity contribution < 1.29 is 4.79 Å². The Morgan fingerprint density at radius 3 is 2.92 bits per heavy atom. The van der Waals surface area contributed by atoms with Gasteiger partial charge in [-0.3, -0.25) is 4.79 Å². The predicted octanol–water partition coefficient (Wildman–Crippen LogP) is 0.899. The molecule has 3 nitrogen and oxygen atoms in total. The van der Waals surface area contributed by atoms with E-state index in [1.807, 2.05) is 24.3 Å². The van der Waals surface area contributed by atoms with E-state index in [-0.39, 0.29) is 11.9 Å². The first kappa shape index (κ1) is 7.31. The molecule has 62 valence electrons. The number of fused-ring (bicyclic) bond motifs is 1. The van der Waals surface area contributed by atoms with Gasteiger partial charge in [-0.2, -0.15) is 0 Å². The van der Waals surface area contributed by atoms with Gasteiger partial charge in [0, 0.05) is 11.3 Å². The third-order valence-electron chi connectivity index (χ3n) is 2.08. The number of rotatable bonds is 1. The molecular weight excluding hydrogens is 152 g/mol. The summed E-state index contributed by atoms with van der Waals surface area (Å²) in [5, 5.41) is 5.75. The van der Waals surface area contributed by atoms with Crippen molar-refractivity contribution in [3.63, 3.8) is 0 Å². The lowest BCUT2D eigenvalue weighted by Gasteiger charge is -2.04. The highest BCUT2D eigenvalue weighted by atomic mass is 16.2. The van der Waals surface area contributed by atoms with Crippen LogP contribution in [0.15, 0.2) is 24.3 Å². The number of para-hydroxylation sites is 1. The van der Waals surface area contributed by atoms with Crippen LogP contribution in [0.4, 0.5) is 5.69 Å². The van der Waals surface area contributed by atoms with Gasteiger partial charge in [-0.1, -0.05) is 18.2 Å². The normalized spacial score (nSPS) is 20.4. The van der Waals surface area contributed by atoms with Crippen molar-refractivity contribution in [1.82, 2.24) is 5.32 Å². The third kappa shape index (κ3) is 0.905. The summed E-state index contributed by atoms with van der Waals surface area (Å²) in [6.07, 6.45) is 0. The van der Waals surface area contributed by atoms with Gasteiger partial charge in [-0.15, -0.1) is 0 Å². The van der Waals surface area contributed by atoms with Crippen LogP contribution in [-0.2, 0) is 4.79 Å². The Labute approximate surface area is 70.8 Å². The topological polar surface area (TPSA) is 41.1 Å². The Morgan fingerprint density at radius 1 is 1.42 bits per heavy atom. The van der Waals surface area contributed by atoms with E-state index < -0.39 is 0 Å². The molecule has 1 aliphatic rings. The molecule has 1 heterocycles. The summed E-state index contributed by atoms with van der Waals surface area (Å²) < 4.78 is 0. The van der Waals surface area contributed by atoms with Crippen LogP contribution < -0.4 is 10.6 Å². The summed E-state index contributed by atoms with van der Waals surface area (Å²) in [6, 6.07) is 7.53. The molecule has 3 heteroatoms. The molecule has 0 saturated heterocycles. The molecule has 1 aromatic carbocycles. The van der Waals surface area contributed by atoms with Crippen molar-refractivity contribution in [3.05, 3.63) is 29.8 Å². The van der Waals surface area contributed by atoms with E-state index in [9.17, 15) is 4.79 Å². The summed E-state index contributed by atoms with van der Waals surface area (Å²) in [6.45, 7) is 0. The van der Waals surface area contributed by atoms with E-state index >= 15 is 0 Å². The van der Waals surface area contributed by atoms with Crippen LogP contribution in [0.25, 0.3) is 0 Å². The number of amides is 1. The Kier molecular flexibility index (Phi) is 1.59. The minimum atomic E-state index is -0.179. The molecule has 1 amide bonds. The van der Waals surface area contributed by atoms with Gasteiger partial charge in [-0.25, -0.2) is 0 Å². The lowest BCUT2D eigenvalue weighted by Crippen LogP contribution is -2.23. The standard InChI is InChI=1S/C9H10N2O/c1-10-8-6-4-2-3-5-7(6)11-9(8)12/h2-5,8,10H,1H3,(H,11,12)/t8-/m1/s1. The minimum absolute atomic E-state index is 0.0266. The van der Waals surface area contributed by atoms with Crippen molar-refractivity contribution in [2.45, 2.75) is 6.04 Å². The molecule has 1 atom stereocenters. The molecule has 0 saturated carbocycles. The van der Waals surface area contributed by atoms with Crippen molar-refractivity contribution in [2.24, 2.45) is 0 Å². The van der Waals surface area contributed by atoms with Crippen LogP contribution in [0.3, 0.4) is 0 Å². The second-order valence-electron chi connectivity index (χ2n) is 2.80. The number of carbonyl (C=O) groups excluding carboxylic acids is 1. The first-order valence-corrected chi connectivity index (χ1v) is 3.90. The number of hydrogen-bond donors (Lipinski definition) is 2. The zero-order chi connectivity index (χ0) is 8.55. The third-order valence-corrected chi connectivity index (χ3v) is 2.08. The van der Waals surface area contributed by atoms with Crippen molar-refractivity contribution >= 4 is 11.6 Å². The maximum absolute atomic E-state index is 11.3. The summed E-state index contributed by atoms with van der Waals surface area (Å²) >= 11 is 0. The molecule has 0 aromatic heterocycles. The fourth-order valence-electron chi connectivity index (χ4n) is 1.50. The van der Waals surface area contributed by atoms with E-state index in [1.54, 1.807) is 7.05 Å². The van der Waals surface area contributed by atoms with Crippen molar-refractivity contribution in [3.8, 4) is 0 Å². The predicted molar refractivity (Wildman–Crippen MR) is 46.9 cm³/mol. The Morgan fingerprint density at radius 2 is 2.17 bits per heavy atom. The van der Waals surface area contributed by atoms with Gasteiger partial charge in [-0.05, 0) is 13.1 Å². The maximum Gasteiger partial charge on any atom is 0.246 e. The number of benzene rings is 1. The molecule has 1 aliphatic heterocycles. The van der Waals surface area contributed by atoms with Crippen LogP contribution in [0.5, 0.6) is 0 Å².